The van der Waals surface area contributed by atoms with Gasteiger partial charge in [-0.25, -0.2) is 0 Å². The lowest BCUT2D eigenvalue weighted by Crippen LogP contribution is -1.97. The maximum absolute atomic E-state index is 5.96. The van der Waals surface area contributed by atoms with Crippen molar-refractivity contribution in [2.75, 3.05) is 0 Å². The van der Waals surface area contributed by atoms with Crippen molar-refractivity contribution in [1.29, 1.82) is 0 Å². The number of hydrogen-bond acceptors (Lipinski definition) is 6. The predicted octanol–water partition coefficient (Wildman–Crippen LogP) is 5.35. The maximum atomic E-state index is 5.96. The molecule has 0 radical (unpaired) electrons. The van der Waals surface area contributed by atoms with Crippen molar-refractivity contribution in [2.45, 2.75) is 24.3 Å². The summed E-state index contributed by atoms with van der Waals surface area (Å²) < 4.78 is 7.82. The summed E-state index contributed by atoms with van der Waals surface area (Å²) in [7, 11) is 1.94. The summed E-state index contributed by atoms with van der Waals surface area (Å²) in [6.07, 6.45) is 0. The van der Waals surface area contributed by atoms with Gasteiger partial charge in [0.25, 0.3) is 0 Å². The zero-order valence-electron chi connectivity index (χ0n) is 15.6. The van der Waals surface area contributed by atoms with Gasteiger partial charge in [-0.1, -0.05) is 41.1 Å². The van der Waals surface area contributed by atoms with Gasteiger partial charge in [-0.15, -0.1) is 20.4 Å². The number of nitrogens with zero attached hydrogens (tertiary/aromatic N) is 5. The molecule has 142 valence electrons. The molecule has 0 aliphatic carbocycles. The molecule has 0 spiro atoms. The van der Waals surface area contributed by atoms with Gasteiger partial charge in [0, 0.05) is 23.2 Å². The van der Waals surface area contributed by atoms with E-state index in [-0.39, 0.29) is 5.25 Å². The van der Waals surface area contributed by atoms with Crippen molar-refractivity contribution in [2.24, 2.45) is 7.05 Å². The molecule has 0 unspecified atom stereocenters. The molecule has 28 heavy (non-hydrogen) atoms. The van der Waals surface area contributed by atoms with E-state index in [1.54, 1.807) is 0 Å². The van der Waals surface area contributed by atoms with Crippen molar-refractivity contribution < 1.29 is 4.42 Å². The topological polar surface area (TPSA) is 69.6 Å². The highest BCUT2D eigenvalue weighted by Gasteiger charge is 2.20. The minimum absolute atomic E-state index is 0.0623. The first-order valence-electron chi connectivity index (χ1n) is 8.73. The fourth-order valence-corrected chi connectivity index (χ4v) is 3.66. The van der Waals surface area contributed by atoms with Gasteiger partial charge in [0.1, 0.15) is 0 Å². The molecule has 2 heterocycles. The van der Waals surface area contributed by atoms with Crippen LogP contribution in [0.15, 0.2) is 58.1 Å². The van der Waals surface area contributed by atoms with Crippen LogP contribution in [0.1, 0.15) is 23.6 Å². The zero-order valence-corrected chi connectivity index (χ0v) is 17.2. The molecule has 0 amide bonds. The van der Waals surface area contributed by atoms with E-state index in [0.29, 0.717) is 16.8 Å². The van der Waals surface area contributed by atoms with Crippen LogP contribution in [0.25, 0.3) is 22.8 Å². The highest BCUT2D eigenvalue weighted by atomic mass is 35.5. The first-order valence-corrected chi connectivity index (χ1v) is 9.99. The van der Waals surface area contributed by atoms with Crippen LogP contribution in [0.4, 0.5) is 0 Å². The summed E-state index contributed by atoms with van der Waals surface area (Å²) in [5.41, 5.74) is 3.05. The van der Waals surface area contributed by atoms with E-state index in [1.807, 2.05) is 74.0 Å². The third-order valence-electron chi connectivity index (χ3n) is 4.31. The van der Waals surface area contributed by atoms with Gasteiger partial charge in [0.15, 0.2) is 11.0 Å². The van der Waals surface area contributed by atoms with Gasteiger partial charge >= 0.3 is 0 Å². The van der Waals surface area contributed by atoms with Crippen LogP contribution in [-0.2, 0) is 7.05 Å². The molecule has 0 saturated carbocycles. The van der Waals surface area contributed by atoms with Gasteiger partial charge in [0.2, 0.25) is 11.8 Å². The van der Waals surface area contributed by atoms with E-state index in [2.05, 4.69) is 20.4 Å². The fraction of sp³-hybridized carbons (Fsp3) is 0.200. The van der Waals surface area contributed by atoms with Gasteiger partial charge in [-0.3, -0.25) is 0 Å². The molecule has 0 bridgehead atoms. The summed E-state index contributed by atoms with van der Waals surface area (Å²) in [5, 5.41) is 18.4. The second-order valence-electron chi connectivity index (χ2n) is 6.44. The van der Waals surface area contributed by atoms with Crippen molar-refractivity contribution in [3.05, 3.63) is 65.0 Å². The molecule has 2 aromatic heterocycles. The quantitative estimate of drug-likeness (QED) is 0.412. The molecule has 8 heteroatoms. The second kappa shape index (κ2) is 7.77. The molecule has 6 nitrogen and oxygen atoms in total. The van der Waals surface area contributed by atoms with Crippen LogP contribution in [0.2, 0.25) is 5.02 Å². The van der Waals surface area contributed by atoms with E-state index >= 15 is 0 Å². The Morgan fingerprint density at radius 3 is 2.32 bits per heavy atom. The monoisotopic (exact) mass is 411 g/mol. The predicted molar refractivity (Wildman–Crippen MR) is 110 cm³/mol. The Morgan fingerprint density at radius 1 is 0.929 bits per heavy atom. The molecule has 4 aromatic rings. The minimum Gasteiger partial charge on any atom is -0.419 e. The van der Waals surface area contributed by atoms with Crippen molar-refractivity contribution in [3.63, 3.8) is 0 Å². The Hall–Kier alpha value is -2.64. The lowest BCUT2D eigenvalue weighted by Gasteiger charge is -2.07. The minimum atomic E-state index is -0.0623. The normalized spacial score (nSPS) is 12.3. The molecular weight excluding hydrogens is 394 g/mol. The summed E-state index contributed by atoms with van der Waals surface area (Å²) in [6, 6.07) is 15.5. The van der Waals surface area contributed by atoms with Crippen LogP contribution in [-0.4, -0.2) is 25.0 Å². The fourth-order valence-electron chi connectivity index (χ4n) is 2.69. The molecule has 0 saturated heterocycles. The highest BCUT2D eigenvalue weighted by molar-refractivity contribution is 7.99. The number of rotatable bonds is 5. The first kappa shape index (κ1) is 18.7. The molecule has 0 aliphatic rings. The lowest BCUT2D eigenvalue weighted by atomic mass is 10.1. The molecule has 0 N–H and O–H groups in total. The number of aryl methyl sites for hydroxylation is 1. The molecule has 4 rings (SSSR count). The number of halogens is 1. The van der Waals surface area contributed by atoms with E-state index in [0.717, 1.165) is 22.1 Å². The molecular formula is C20H18ClN5OS. The Balaban J connectivity index is 1.52. The molecule has 2 aromatic carbocycles. The average Bonchev–Trinajstić information content (AvgIpc) is 3.31. The van der Waals surface area contributed by atoms with E-state index in [1.165, 1.54) is 17.3 Å². The summed E-state index contributed by atoms with van der Waals surface area (Å²) in [4.78, 5) is 0. The average molecular weight is 412 g/mol. The Labute approximate surface area is 172 Å². The number of aromatic nitrogens is 5. The Kier molecular flexibility index (Phi) is 5.19. The number of thioether (sulfide) groups is 1. The smallest absolute Gasteiger partial charge is 0.247 e. The zero-order chi connectivity index (χ0) is 19.7. The third-order valence-corrected chi connectivity index (χ3v) is 5.68. The number of benzene rings is 2. The summed E-state index contributed by atoms with van der Waals surface area (Å²) in [5.74, 6) is 1.84. The highest BCUT2D eigenvalue weighted by Crippen LogP contribution is 2.35. The Morgan fingerprint density at radius 2 is 1.61 bits per heavy atom. The molecule has 0 aliphatic heterocycles. The number of hydrogen-bond donors (Lipinski definition) is 0. The van der Waals surface area contributed by atoms with Crippen LogP contribution in [0.5, 0.6) is 0 Å². The van der Waals surface area contributed by atoms with Gasteiger partial charge in [-0.2, -0.15) is 0 Å². The van der Waals surface area contributed by atoms with E-state index < -0.39 is 0 Å². The molecule has 0 fully saturated rings. The maximum Gasteiger partial charge on any atom is 0.247 e. The SMILES string of the molecule is Cc1ccc(-c2nnc([C@@H](C)Sc3nnc(-c4ccc(Cl)cc4)n3C)o2)cc1. The van der Waals surface area contributed by atoms with Crippen LogP contribution < -0.4 is 0 Å². The Bertz CT molecular complexity index is 1090. The van der Waals surface area contributed by atoms with E-state index in [4.69, 9.17) is 16.0 Å². The standard InChI is InChI=1S/C20H18ClN5OS/c1-12-4-6-15(7-5-12)19-24-23-18(27-19)13(2)28-20-25-22-17(26(20)3)14-8-10-16(21)11-9-14/h4-11,13H,1-3H3/t13-/m1/s1. The van der Waals surface area contributed by atoms with Crippen LogP contribution in [0.3, 0.4) is 0 Å². The van der Waals surface area contributed by atoms with Crippen LogP contribution >= 0.6 is 23.4 Å². The van der Waals surface area contributed by atoms with Gasteiger partial charge in [-0.05, 0) is 50.2 Å². The van der Waals surface area contributed by atoms with Crippen molar-refractivity contribution in [1.82, 2.24) is 25.0 Å². The summed E-state index contributed by atoms with van der Waals surface area (Å²) >= 11 is 7.48. The van der Waals surface area contributed by atoms with Gasteiger partial charge in [0.05, 0.1) is 5.25 Å². The van der Waals surface area contributed by atoms with E-state index in [9.17, 15) is 0 Å². The first-order chi connectivity index (χ1) is 13.5. The summed E-state index contributed by atoms with van der Waals surface area (Å²) in [6.45, 7) is 4.05. The van der Waals surface area contributed by atoms with Crippen LogP contribution in [0, 0.1) is 6.92 Å². The second-order valence-corrected chi connectivity index (χ2v) is 8.19. The molecule has 1 atom stereocenters. The third kappa shape index (κ3) is 3.81. The van der Waals surface area contributed by atoms with Gasteiger partial charge < -0.3 is 8.98 Å². The lowest BCUT2D eigenvalue weighted by molar-refractivity contribution is 0.508. The van der Waals surface area contributed by atoms with Crippen molar-refractivity contribution in [3.8, 4) is 22.8 Å². The largest absolute Gasteiger partial charge is 0.419 e. The van der Waals surface area contributed by atoms with Crippen molar-refractivity contribution >= 4 is 23.4 Å².